The van der Waals surface area contributed by atoms with Crippen LogP contribution in [0.15, 0.2) is 58.4 Å². The number of fused-ring (bicyclic) bond motifs is 2. The Balaban J connectivity index is 0.994. The Labute approximate surface area is 209 Å². The maximum atomic E-state index is 13.5. The number of aliphatic hydroxyl groups excluding tert-OH is 1. The molecule has 1 aliphatic heterocycles. The van der Waals surface area contributed by atoms with Gasteiger partial charge in [-0.2, -0.15) is 4.37 Å². The third-order valence-electron chi connectivity index (χ3n) is 6.55. The first kappa shape index (κ1) is 22.6. The number of benzene rings is 2. The average Bonchev–Trinajstić information content (AvgIpc) is 3.60. The van der Waals surface area contributed by atoms with Gasteiger partial charge in [0.25, 0.3) is 0 Å². The van der Waals surface area contributed by atoms with Crippen LogP contribution in [0.3, 0.4) is 0 Å². The molecular weight excluding hydrogens is 485 g/mol. The minimum absolute atomic E-state index is 0.218. The van der Waals surface area contributed by atoms with Crippen LogP contribution in [-0.4, -0.2) is 51.9 Å². The van der Waals surface area contributed by atoms with Gasteiger partial charge in [-0.15, -0.1) is 11.3 Å². The van der Waals surface area contributed by atoms with E-state index in [2.05, 4.69) is 14.4 Å². The van der Waals surface area contributed by atoms with Crippen molar-refractivity contribution < 1.29 is 18.8 Å². The van der Waals surface area contributed by atoms with E-state index in [1.807, 2.05) is 41.8 Å². The maximum Gasteiger partial charge on any atom is 0.178 e. The van der Waals surface area contributed by atoms with Gasteiger partial charge in [-0.25, -0.2) is 4.39 Å². The van der Waals surface area contributed by atoms with Gasteiger partial charge in [0.1, 0.15) is 34.7 Å². The lowest BCUT2D eigenvalue weighted by Gasteiger charge is -2.32. The molecule has 6 rings (SSSR count). The predicted molar refractivity (Wildman–Crippen MR) is 137 cm³/mol. The zero-order valence-electron chi connectivity index (χ0n) is 18.9. The van der Waals surface area contributed by atoms with Crippen molar-refractivity contribution in [3.05, 3.63) is 65.4 Å². The third kappa shape index (κ3) is 4.69. The van der Waals surface area contributed by atoms with Crippen molar-refractivity contribution >= 4 is 43.2 Å². The topological polar surface area (TPSA) is 71.6 Å². The van der Waals surface area contributed by atoms with Crippen LogP contribution in [-0.2, 0) is 0 Å². The van der Waals surface area contributed by atoms with E-state index in [4.69, 9.17) is 9.26 Å². The van der Waals surface area contributed by atoms with Crippen LogP contribution in [0.5, 0.6) is 5.75 Å². The Hall–Kier alpha value is -2.85. The summed E-state index contributed by atoms with van der Waals surface area (Å²) in [6.07, 6.45) is 1.38. The van der Waals surface area contributed by atoms with E-state index in [-0.39, 0.29) is 12.4 Å². The number of nitrogens with zero attached hydrogens (tertiary/aromatic N) is 3. The Morgan fingerprint density at radius 3 is 2.80 bits per heavy atom. The molecule has 180 valence electrons. The summed E-state index contributed by atoms with van der Waals surface area (Å²) in [5.74, 6) is 0.867. The lowest BCUT2D eigenvalue weighted by Crippen LogP contribution is -2.40. The Bertz CT molecular complexity index is 1440. The highest BCUT2D eigenvalue weighted by atomic mass is 32.1. The summed E-state index contributed by atoms with van der Waals surface area (Å²) in [6.45, 7) is 2.60. The molecule has 1 saturated heterocycles. The predicted octanol–water partition coefficient (Wildman–Crippen LogP) is 5.92. The van der Waals surface area contributed by atoms with Gasteiger partial charge in [0, 0.05) is 23.4 Å². The number of thiophene rings is 1. The van der Waals surface area contributed by atoms with Gasteiger partial charge in [-0.05, 0) is 91.4 Å². The molecule has 6 nitrogen and oxygen atoms in total. The first-order valence-electron chi connectivity index (χ1n) is 11.7. The van der Waals surface area contributed by atoms with Gasteiger partial charge >= 0.3 is 0 Å². The molecule has 0 unspecified atom stereocenters. The zero-order valence-corrected chi connectivity index (χ0v) is 20.5. The number of hydrogen-bond acceptors (Lipinski definition) is 8. The number of piperidine rings is 1. The van der Waals surface area contributed by atoms with Crippen molar-refractivity contribution in [1.29, 1.82) is 0 Å². The third-order valence-corrected chi connectivity index (χ3v) is 8.28. The second-order valence-corrected chi connectivity index (χ2v) is 10.6. The molecule has 2 aromatic carbocycles. The molecule has 0 saturated carbocycles. The van der Waals surface area contributed by atoms with Crippen molar-refractivity contribution in [1.82, 2.24) is 14.4 Å². The molecule has 0 bridgehead atoms. The van der Waals surface area contributed by atoms with Gasteiger partial charge < -0.3 is 19.3 Å². The Morgan fingerprint density at radius 1 is 1.14 bits per heavy atom. The van der Waals surface area contributed by atoms with Crippen molar-refractivity contribution in [3.8, 4) is 17.0 Å². The SMILES string of the molecule is O[C@@H](COc1ccc(-c2noc3ccsc23)cc1)CN1CCC(c2nsc3cc(F)ccc23)CC1. The molecule has 9 heteroatoms. The molecular formula is C26H24FN3O3S2. The van der Waals surface area contributed by atoms with Crippen LogP contribution in [0.25, 0.3) is 31.6 Å². The summed E-state index contributed by atoms with van der Waals surface area (Å²) in [4.78, 5) is 2.28. The van der Waals surface area contributed by atoms with Gasteiger partial charge in [0.15, 0.2) is 5.58 Å². The van der Waals surface area contributed by atoms with E-state index in [9.17, 15) is 9.50 Å². The second-order valence-electron chi connectivity index (χ2n) is 8.92. The van der Waals surface area contributed by atoms with Gasteiger partial charge in [-0.3, -0.25) is 0 Å². The average molecular weight is 510 g/mol. The van der Waals surface area contributed by atoms with Crippen molar-refractivity contribution in [2.45, 2.75) is 24.9 Å². The molecule has 0 spiro atoms. The molecule has 1 atom stereocenters. The number of aliphatic hydroxyl groups is 1. The van der Waals surface area contributed by atoms with Crippen molar-refractivity contribution in [2.75, 3.05) is 26.2 Å². The summed E-state index contributed by atoms with van der Waals surface area (Å²) < 4.78 is 31.2. The highest BCUT2D eigenvalue weighted by molar-refractivity contribution is 7.17. The number of rotatable bonds is 7. The van der Waals surface area contributed by atoms with Gasteiger partial charge in [-0.1, -0.05) is 5.16 Å². The van der Waals surface area contributed by atoms with E-state index >= 15 is 0 Å². The van der Waals surface area contributed by atoms with Crippen molar-refractivity contribution in [3.63, 3.8) is 0 Å². The van der Waals surface area contributed by atoms with E-state index < -0.39 is 6.10 Å². The molecule has 1 fully saturated rings. The molecule has 4 heterocycles. The summed E-state index contributed by atoms with van der Waals surface area (Å²) in [5, 5.41) is 17.8. The van der Waals surface area contributed by atoms with E-state index in [1.54, 1.807) is 17.4 Å². The Kier molecular flexibility index (Phi) is 6.24. The number of aromatic nitrogens is 2. The summed E-state index contributed by atoms with van der Waals surface area (Å²) >= 11 is 2.98. The minimum Gasteiger partial charge on any atom is -0.491 e. The van der Waals surface area contributed by atoms with Gasteiger partial charge in [0.05, 0.1) is 10.4 Å². The molecule has 0 amide bonds. The molecule has 1 N–H and O–H groups in total. The van der Waals surface area contributed by atoms with Crippen LogP contribution >= 0.6 is 22.9 Å². The fourth-order valence-electron chi connectivity index (χ4n) is 4.73. The smallest absolute Gasteiger partial charge is 0.178 e. The summed E-state index contributed by atoms with van der Waals surface area (Å²) in [6, 6.07) is 14.5. The monoisotopic (exact) mass is 509 g/mol. The highest BCUT2D eigenvalue weighted by Gasteiger charge is 2.25. The summed E-state index contributed by atoms with van der Waals surface area (Å²) in [5.41, 5.74) is 3.69. The minimum atomic E-state index is -0.574. The molecule has 5 aromatic rings. The fraction of sp³-hybridized carbons (Fsp3) is 0.308. The maximum absolute atomic E-state index is 13.5. The molecule has 1 aliphatic rings. The number of hydrogen-bond donors (Lipinski definition) is 1. The first-order valence-corrected chi connectivity index (χ1v) is 13.3. The highest BCUT2D eigenvalue weighted by Crippen LogP contribution is 2.35. The largest absolute Gasteiger partial charge is 0.491 e. The van der Waals surface area contributed by atoms with Crippen LogP contribution in [0.2, 0.25) is 0 Å². The van der Waals surface area contributed by atoms with Crippen molar-refractivity contribution in [2.24, 2.45) is 0 Å². The normalized spacial score (nSPS) is 16.3. The van der Waals surface area contributed by atoms with Crippen LogP contribution in [0, 0.1) is 5.82 Å². The molecule has 3 aromatic heterocycles. The van der Waals surface area contributed by atoms with Gasteiger partial charge in [0.2, 0.25) is 0 Å². The number of β-amino-alcohol motifs (C(OH)–C–C–N with tert-alkyl or cyclic N) is 1. The van der Waals surface area contributed by atoms with E-state index in [0.717, 1.165) is 63.3 Å². The number of ether oxygens (including phenoxy) is 1. The van der Waals surface area contributed by atoms with Crippen LogP contribution < -0.4 is 4.74 Å². The molecule has 0 radical (unpaired) electrons. The molecule has 35 heavy (non-hydrogen) atoms. The van der Waals surface area contributed by atoms with E-state index in [0.29, 0.717) is 18.2 Å². The first-order chi connectivity index (χ1) is 17.1. The van der Waals surface area contributed by atoms with Crippen LogP contribution in [0.1, 0.15) is 24.5 Å². The number of likely N-dealkylation sites (tertiary alicyclic amines) is 1. The summed E-state index contributed by atoms with van der Waals surface area (Å²) in [7, 11) is 0. The standard InChI is InChI=1S/C26H24FN3O3S2/c27-18-3-6-21-23(13-18)35-29-24(21)17-7-10-30(11-8-17)14-19(31)15-32-20-4-1-16(2-5-20)25-26-22(33-28-25)9-12-34-26/h1-6,9,12-13,17,19,31H,7-8,10-11,14-15H2/t19-/m1/s1. The Morgan fingerprint density at radius 2 is 1.97 bits per heavy atom. The zero-order chi connectivity index (χ0) is 23.8. The second kappa shape index (κ2) is 9.66. The lowest BCUT2D eigenvalue weighted by molar-refractivity contribution is 0.0593. The van der Waals surface area contributed by atoms with Crippen LogP contribution in [0.4, 0.5) is 4.39 Å². The lowest BCUT2D eigenvalue weighted by atomic mass is 9.91. The number of halogens is 1. The quantitative estimate of drug-likeness (QED) is 0.293. The van der Waals surface area contributed by atoms with E-state index in [1.165, 1.54) is 17.6 Å². The fourth-order valence-corrected chi connectivity index (χ4v) is 6.42. The molecule has 0 aliphatic carbocycles.